The minimum Gasteiger partial charge on any atom is -0.481 e. The summed E-state index contributed by atoms with van der Waals surface area (Å²) in [5.74, 6) is -13.3. The van der Waals surface area contributed by atoms with Crippen LogP contribution in [-0.4, -0.2) is 192 Å². The topological polar surface area (TPSA) is 494 Å². The van der Waals surface area contributed by atoms with Crippen LogP contribution in [0.3, 0.4) is 0 Å². The van der Waals surface area contributed by atoms with E-state index in [4.69, 9.17) is 40.6 Å². The Hall–Kier alpha value is -8.09. The van der Waals surface area contributed by atoms with Gasteiger partial charge in [-0.05, 0) is 127 Å². The summed E-state index contributed by atoms with van der Waals surface area (Å²) in [6.45, 7) is 6.71. The quantitative estimate of drug-likeness (QED) is 0.0213. The van der Waals surface area contributed by atoms with Gasteiger partial charge in [0, 0.05) is 120 Å². The molecule has 0 bridgehead atoms. The average Bonchev–Trinajstić information content (AvgIpc) is 0.867. The summed E-state index contributed by atoms with van der Waals surface area (Å²) in [6.07, 6.45) is 22.0. The van der Waals surface area contributed by atoms with Gasteiger partial charge in [-0.25, -0.2) is 0 Å². The number of benzene rings is 1. The van der Waals surface area contributed by atoms with E-state index in [0.29, 0.717) is 122 Å². The number of anilines is 1. The maximum Gasteiger partial charge on any atom is 0.306 e. The van der Waals surface area contributed by atoms with Crippen LogP contribution in [0.15, 0.2) is 24.3 Å². The lowest BCUT2D eigenvalue weighted by Gasteiger charge is -2.28. The second-order valence-corrected chi connectivity index (χ2v) is 28.8. The first kappa shape index (κ1) is 99.9. The van der Waals surface area contributed by atoms with Crippen LogP contribution in [-0.2, 0) is 86.1 Å². The average molecular weight is 1560 g/mol. The molecule has 0 aromatic heterocycles. The Morgan fingerprint density at radius 3 is 1.45 bits per heavy atom. The number of ether oxygens (including phenoxy) is 4. The predicted molar refractivity (Wildman–Crippen MR) is 409 cm³/mol. The van der Waals surface area contributed by atoms with E-state index in [0.717, 1.165) is 58.3 Å². The van der Waals surface area contributed by atoms with Crippen LogP contribution >= 0.6 is 0 Å². The van der Waals surface area contributed by atoms with Gasteiger partial charge < -0.3 is 77.2 Å². The number of amides is 5. The number of nitrogens with two attached hydrogens (primary N) is 2. The molecule has 1 saturated carbocycles. The summed E-state index contributed by atoms with van der Waals surface area (Å²) in [7, 11) is 0. The van der Waals surface area contributed by atoms with E-state index in [1.165, 1.54) is 64.2 Å². The number of primary amides is 1. The molecule has 1 aliphatic carbocycles. The highest BCUT2D eigenvalue weighted by Crippen LogP contribution is 2.31. The molecule has 30 heteroatoms. The standard InChI is InChI=1S/C51H83N3O16.C29H47N3O8/c1-35(55)40(26-30-48(64)65)54-50(68)38(25-29-47(62)63)32-43(57)41(27-31-49(66)67)53-45(59)28-24-39(51(69)70)33-42(56)37-22-20-36(21-23-37)34-52-44(58)18-16-14-12-10-8-6-4-2-3-5-7-9-11-13-15-17-19-46(60)61;1-2-3-14-37-16-18-39-21-26(33)8-6-15-38-17-19-40-22-27(34)20-24(28(31)35)7-4-5-13-32-29(36)23-9-11-25(30)12-10-23/h36-41H,2-34H2,1H3,(H,52,58)(H,53,59)(H,54,68)(H,60,61)(H,62,63)(H,64,65)(H,66,67)(H,69,70);9-12,24H,2-8,13-22,30H2,1H3,(H2,31,35)(H,32,36). The van der Waals surface area contributed by atoms with Gasteiger partial charge >= 0.3 is 29.8 Å². The lowest BCUT2D eigenvalue weighted by atomic mass is 9.78. The van der Waals surface area contributed by atoms with E-state index in [1.807, 2.05) is 0 Å². The van der Waals surface area contributed by atoms with Gasteiger partial charge in [0.25, 0.3) is 5.91 Å². The molecule has 30 nitrogen and oxygen atoms in total. The van der Waals surface area contributed by atoms with Crippen molar-refractivity contribution in [2.75, 3.05) is 71.7 Å². The second-order valence-electron chi connectivity index (χ2n) is 28.8. The lowest BCUT2D eigenvalue weighted by Crippen LogP contribution is -2.46. The molecule has 5 atom stereocenters. The Bertz CT molecular complexity index is 2900. The molecule has 0 heterocycles. The maximum absolute atomic E-state index is 13.5. The van der Waals surface area contributed by atoms with Crippen LogP contribution in [0.25, 0.3) is 0 Å². The molecule has 2 rings (SSSR count). The number of unbranched alkanes of at least 4 members (excludes halogenated alkanes) is 17. The molecule has 0 radical (unpaired) electrons. The zero-order valence-electron chi connectivity index (χ0n) is 65.4. The Kier molecular flexibility index (Phi) is 57.7. The number of carboxylic acids is 5. The number of rotatable bonds is 70. The number of carboxylic acid groups (broad SMARTS) is 5. The molecule has 624 valence electrons. The number of hydrogen-bond acceptors (Lipinski definition) is 20. The first-order chi connectivity index (χ1) is 52.6. The summed E-state index contributed by atoms with van der Waals surface area (Å²) in [5, 5.41) is 56.8. The van der Waals surface area contributed by atoms with E-state index in [9.17, 15) is 87.2 Å². The summed E-state index contributed by atoms with van der Waals surface area (Å²) < 4.78 is 21.4. The number of nitrogens with one attached hydrogen (secondary N) is 4. The predicted octanol–water partition coefficient (Wildman–Crippen LogP) is 9.63. The summed E-state index contributed by atoms with van der Waals surface area (Å²) >= 11 is 0. The number of Topliss-reactive ketones (excluding diaryl/α,β-unsaturated/α-hetero) is 5. The monoisotopic (exact) mass is 1560 g/mol. The Labute approximate surface area is 648 Å². The van der Waals surface area contributed by atoms with Crippen LogP contribution in [0.5, 0.6) is 0 Å². The molecule has 1 aromatic carbocycles. The Morgan fingerprint density at radius 1 is 0.445 bits per heavy atom. The summed E-state index contributed by atoms with van der Waals surface area (Å²) in [6, 6.07) is 3.96. The highest BCUT2D eigenvalue weighted by Gasteiger charge is 2.33. The van der Waals surface area contributed by atoms with Gasteiger partial charge in [0.05, 0.1) is 44.4 Å². The smallest absolute Gasteiger partial charge is 0.306 e. The number of carbonyl (C=O) groups is 15. The Morgan fingerprint density at radius 2 is 0.936 bits per heavy atom. The van der Waals surface area contributed by atoms with E-state index >= 15 is 0 Å². The van der Waals surface area contributed by atoms with Gasteiger partial charge in [0.15, 0.2) is 23.1 Å². The fraction of sp³-hybridized carbons (Fsp3) is 0.738. The molecule has 1 aromatic rings. The van der Waals surface area contributed by atoms with Gasteiger partial charge in [0.2, 0.25) is 23.6 Å². The number of aliphatic carboxylic acids is 5. The summed E-state index contributed by atoms with van der Waals surface area (Å²) in [4.78, 5) is 182. The van der Waals surface area contributed by atoms with Crippen molar-refractivity contribution in [3.8, 4) is 0 Å². The number of ketones is 5. The van der Waals surface area contributed by atoms with E-state index < -0.39 is 127 Å². The van der Waals surface area contributed by atoms with Gasteiger partial charge in [-0.3, -0.25) is 71.9 Å². The third-order valence-corrected chi connectivity index (χ3v) is 19.3. The van der Waals surface area contributed by atoms with Gasteiger partial charge in [-0.2, -0.15) is 0 Å². The molecule has 1 aliphatic rings. The van der Waals surface area contributed by atoms with Gasteiger partial charge in [-0.1, -0.05) is 110 Å². The zero-order chi connectivity index (χ0) is 81.7. The first-order valence-corrected chi connectivity index (χ1v) is 39.9. The molecule has 0 aliphatic heterocycles. The van der Waals surface area contributed by atoms with Crippen molar-refractivity contribution in [1.82, 2.24) is 21.3 Å². The second kappa shape index (κ2) is 63.5. The molecule has 0 saturated heterocycles. The SMILES string of the molecule is CC(=O)C(CCC(=O)O)NC(=O)C(CCC(=O)O)CC(=O)C(CCC(=O)O)NC(=O)CCC(CC(=O)C1CCC(CNC(=O)CCCCCCCCCCCCCCCCCCC(=O)O)CC1)C(=O)O.CCCCOCCOCC(=O)CCCOCCOCC(=O)CC(CCCCNC(=O)c1ccc(N)cc1)C(N)=O. The minimum absolute atomic E-state index is 0.0141. The largest absolute Gasteiger partial charge is 0.481 e. The van der Waals surface area contributed by atoms with Crippen LogP contribution < -0.4 is 32.7 Å². The first-order valence-electron chi connectivity index (χ1n) is 39.9. The number of nitrogen functional groups attached to an aromatic ring is 1. The molecule has 1 fully saturated rings. The van der Waals surface area contributed by atoms with E-state index in [2.05, 4.69) is 28.2 Å². The molecule has 5 amide bonds. The third kappa shape index (κ3) is 54.5. The third-order valence-electron chi connectivity index (χ3n) is 19.3. The van der Waals surface area contributed by atoms with Gasteiger partial charge in [-0.15, -0.1) is 0 Å². The van der Waals surface area contributed by atoms with Crippen molar-refractivity contribution in [3.05, 3.63) is 29.8 Å². The fourth-order valence-electron chi connectivity index (χ4n) is 12.5. The van der Waals surface area contributed by atoms with Crippen molar-refractivity contribution in [2.24, 2.45) is 35.3 Å². The highest BCUT2D eigenvalue weighted by atomic mass is 16.5. The van der Waals surface area contributed by atoms with Gasteiger partial charge in [0.1, 0.15) is 19.0 Å². The lowest BCUT2D eigenvalue weighted by molar-refractivity contribution is -0.145. The molecule has 5 unspecified atom stereocenters. The Balaban J connectivity index is 0.00000128. The number of hydrogen-bond donors (Lipinski definition) is 11. The molecule has 0 spiro atoms. The van der Waals surface area contributed by atoms with Crippen LogP contribution in [0, 0.1) is 29.6 Å². The van der Waals surface area contributed by atoms with Crippen molar-refractivity contribution in [2.45, 2.75) is 283 Å². The van der Waals surface area contributed by atoms with Crippen molar-refractivity contribution >= 4 is 94.0 Å². The van der Waals surface area contributed by atoms with E-state index in [-0.39, 0.29) is 99.3 Å². The normalized spacial score (nSPS) is 14.6. The molecular weight excluding hydrogens is 1430 g/mol. The van der Waals surface area contributed by atoms with Crippen LogP contribution in [0.2, 0.25) is 0 Å². The number of carbonyl (C=O) groups excluding carboxylic acids is 10. The molecule has 110 heavy (non-hydrogen) atoms. The van der Waals surface area contributed by atoms with Crippen molar-refractivity contribution in [3.63, 3.8) is 0 Å². The zero-order valence-corrected chi connectivity index (χ0v) is 65.4. The van der Waals surface area contributed by atoms with Crippen LogP contribution in [0.1, 0.15) is 281 Å². The van der Waals surface area contributed by atoms with Crippen molar-refractivity contribution < 1.29 is 116 Å². The summed E-state index contributed by atoms with van der Waals surface area (Å²) in [5.41, 5.74) is 12.2. The van der Waals surface area contributed by atoms with Crippen LogP contribution in [0.4, 0.5) is 5.69 Å². The molecule has 13 N–H and O–H groups in total. The van der Waals surface area contributed by atoms with Crippen molar-refractivity contribution in [1.29, 1.82) is 0 Å². The maximum atomic E-state index is 13.5. The fourth-order valence-corrected chi connectivity index (χ4v) is 12.5. The van der Waals surface area contributed by atoms with E-state index in [1.54, 1.807) is 24.3 Å². The highest BCUT2D eigenvalue weighted by molar-refractivity contribution is 5.96. The molecular formula is C80H130N6O24. The minimum atomic E-state index is -1.45.